The third-order valence-corrected chi connectivity index (χ3v) is 25.9. The van der Waals surface area contributed by atoms with Crippen LogP contribution in [0.4, 0.5) is 39.5 Å². The maximum absolute atomic E-state index is 13.9. The van der Waals surface area contributed by atoms with Gasteiger partial charge >= 0.3 is 18.5 Å². The molecule has 6 aromatic carbocycles. The maximum atomic E-state index is 13.9. The number of allylic oxidation sites excluding steroid dienone is 1. The van der Waals surface area contributed by atoms with Gasteiger partial charge in [0.05, 0.1) is 53.8 Å². The zero-order valence-electron chi connectivity index (χ0n) is 60.6. The van der Waals surface area contributed by atoms with Gasteiger partial charge in [0.2, 0.25) is 11.8 Å². The Balaban J connectivity index is 0.000000198. The molecular formula is C77H68F9I2N9O14S3. The highest BCUT2D eigenvalue weighted by Gasteiger charge is 2.39. The standard InChI is InChI=1S/C29H26F3N5O6S.C24H20F3IN2O4S.C24H22F3IN2O4S/c1-16-13-23(25-22(26(33)39)7-4-12-34-25)24(28(41)37(16)20-6-3-5-19(14-20)29(30,31)32)27(40)35-15-18-8-10-21(11-9-18)44(42,43)36-17(2)38;1-14-21(28)12-20(23(32)30(14)17-4-2-3-16(11-17)24(25,26)27)22(31)29-13-15-5-7-18(8-6-15)35(33,34)19-9-10-19;1-14(2)35(33,34)19-9-7-16(8-10-19)13-29-22(31)20-12-21(28)15(3)30(23(20)32)18-6-4-5-17(11-18)24(25,26)27/h3-14,22,25H,15H2,1-2H3,(H2,33,39)(H,35,40)(H,36,38);2-8,11-12,19H,9-10,13H2,1H3,(H,29,31);4-12,14H,13H2,1-3H3,(H,29,31). The number of carbonyl (C=O) groups excluding carboxylic acids is 5. The maximum Gasteiger partial charge on any atom is 0.416 e. The number of aliphatic imine (C=N–C) groups is 1. The molecule has 23 nitrogen and oxygen atoms in total. The first-order chi connectivity index (χ1) is 53.2. The molecule has 3 aromatic heterocycles. The Morgan fingerprint density at radius 2 is 0.912 bits per heavy atom. The van der Waals surface area contributed by atoms with Crippen LogP contribution in [0.2, 0.25) is 0 Å². The number of dihydropyridines is 1. The Morgan fingerprint density at radius 1 is 0.526 bits per heavy atom. The predicted molar refractivity (Wildman–Crippen MR) is 420 cm³/mol. The number of rotatable bonds is 20. The SMILES string of the molecule is CC(=O)NS(=O)(=O)c1ccc(CNC(=O)c2c(C3N=CC=CC3C(N)=O)cc(C)n(-c3cccc(C(F)(F)F)c3)c2=O)cc1.Cc1c(I)cc(C(=O)NCc2ccc(S(=O)(=O)C(C)C)cc2)c(=O)n1-c1cccc(C(F)(F)F)c1.Cc1c(I)cc(C(=O)NCc2ccc(S(=O)(=O)C3CC3)cc2)c(=O)n1-c1cccc(C(F)(F)F)c1. The lowest BCUT2D eigenvalue weighted by atomic mass is 9.88. The molecule has 0 spiro atoms. The molecule has 1 fully saturated rings. The minimum Gasteiger partial charge on any atom is -0.369 e. The van der Waals surface area contributed by atoms with Gasteiger partial charge in [-0.05, 0) is 230 Å². The van der Waals surface area contributed by atoms with Gasteiger partial charge in [0, 0.05) is 74.1 Å². The smallest absolute Gasteiger partial charge is 0.369 e. The Kier molecular flexibility index (Phi) is 27.0. The van der Waals surface area contributed by atoms with Crippen molar-refractivity contribution in [2.75, 3.05) is 0 Å². The van der Waals surface area contributed by atoms with Crippen LogP contribution in [0, 0.1) is 33.8 Å². The highest BCUT2D eigenvalue weighted by Crippen LogP contribution is 2.37. The average Bonchev–Trinajstić information content (AvgIpc) is 1.18. The molecule has 2 atom stereocenters. The first-order valence-corrected chi connectivity index (χ1v) is 40.7. The van der Waals surface area contributed by atoms with Crippen molar-refractivity contribution < 1.29 is 88.7 Å². The number of carbonyl (C=O) groups is 5. The summed E-state index contributed by atoms with van der Waals surface area (Å²) in [6, 6.07) is 33.2. The predicted octanol–water partition coefficient (Wildman–Crippen LogP) is 12.2. The van der Waals surface area contributed by atoms with E-state index in [0.29, 0.717) is 48.1 Å². The van der Waals surface area contributed by atoms with Gasteiger partial charge in [0.1, 0.15) is 16.7 Å². The van der Waals surface area contributed by atoms with Crippen LogP contribution < -0.4 is 43.1 Å². The first kappa shape index (κ1) is 87.6. The summed E-state index contributed by atoms with van der Waals surface area (Å²) in [4.78, 5) is 107. The molecular weight excluding hydrogens is 1800 g/mol. The molecule has 1 saturated carbocycles. The second kappa shape index (κ2) is 35.1. The third kappa shape index (κ3) is 20.6. The number of halogens is 11. The van der Waals surface area contributed by atoms with E-state index in [2.05, 4.69) is 20.9 Å². The fraction of sp³-hybridized carbons (Fsp3) is 0.234. The lowest BCUT2D eigenvalue weighted by Crippen LogP contribution is -2.37. The Bertz CT molecular complexity index is 5680. The van der Waals surface area contributed by atoms with Crippen molar-refractivity contribution in [3.63, 3.8) is 0 Å². The second-order valence-electron chi connectivity index (χ2n) is 26.2. The molecule has 5 amide bonds. The van der Waals surface area contributed by atoms with Crippen molar-refractivity contribution >= 4 is 111 Å². The van der Waals surface area contributed by atoms with Gasteiger partial charge in [-0.25, -0.2) is 30.0 Å². The Morgan fingerprint density at radius 3 is 1.29 bits per heavy atom. The van der Waals surface area contributed by atoms with Crippen molar-refractivity contribution in [3.8, 4) is 17.1 Å². The normalized spacial score (nSPS) is 14.4. The average molecular weight is 1860 g/mol. The van der Waals surface area contributed by atoms with Crippen molar-refractivity contribution in [2.45, 2.75) is 124 Å². The fourth-order valence-electron chi connectivity index (χ4n) is 11.6. The Labute approximate surface area is 673 Å². The van der Waals surface area contributed by atoms with Gasteiger partial charge in [-0.15, -0.1) is 0 Å². The van der Waals surface area contributed by atoms with Gasteiger partial charge in [-0.1, -0.05) is 60.7 Å². The largest absolute Gasteiger partial charge is 0.416 e. The number of sulfone groups is 2. The molecule has 0 saturated heterocycles. The lowest BCUT2D eigenvalue weighted by molar-refractivity contribution is -0.138. The number of nitrogens with two attached hydrogens (primary N) is 1. The number of hydrogen-bond acceptors (Lipinski definition) is 15. The van der Waals surface area contributed by atoms with Crippen molar-refractivity contribution in [2.24, 2.45) is 16.6 Å². The van der Waals surface area contributed by atoms with E-state index in [9.17, 15) is 103 Å². The summed E-state index contributed by atoms with van der Waals surface area (Å²) in [5.74, 6) is -4.89. The third-order valence-electron chi connectivity index (χ3n) is 17.8. The van der Waals surface area contributed by atoms with Crippen LogP contribution in [-0.2, 0) is 77.5 Å². The van der Waals surface area contributed by atoms with Gasteiger partial charge in [0.15, 0.2) is 19.7 Å². The first-order valence-electron chi connectivity index (χ1n) is 34.0. The van der Waals surface area contributed by atoms with Crippen LogP contribution in [-0.4, -0.2) is 85.2 Å². The van der Waals surface area contributed by atoms with Crippen molar-refractivity contribution in [3.05, 3.63) is 287 Å². The number of nitrogens with zero attached hydrogens (tertiary/aromatic N) is 4. The molecule has 37 heteroatoms. The molecule has 600 valence electrons. The van der Waals surface area contributed by atoms with E-state index in [1.807, 2.05) is 49.9 Å². The van der Waals surface area contributed by atoms with Gasteiger partial charge in [-0.2, -0.15) is 39.5 Å². The van der Waals surface area contributed by atoms with E-state index in [-0.39, 0.29) is 79.0 Å². The van der Waals surface area contributed by atoms with E-state index < -0.39 is 134 Å². The zero-order chi connectivity index (χ0) is 84.1. The number of nitrogens with one attached hydrogen (secondary N) is 4. The molecule has 2 unspecified atom stereocenters. The summed E-state index contributed by atoms with van der Waals surface area (Å²) in [5, 5.41) is 6.91. The molecule has 0 radical (unpaired) electrons. The molecule has 114 heavy (non-hydrogen) atoms. The van der Waals surface area contributed by atoms with Crippen LogP contribution in [0.1, 0.15) is 127 Å². The van der Waals surface area contributed by atoms with Gasteiger partial charge in [0.25, 0.3) is 44.4 Å². The fourth-order valence-corrected chi connectivity index (χ4v) is 16.4. The zero-order valence-corrected chi connectivity index (χ0v) is 67.4. The van der Waals surface area contributed by atoms with E-state index in [0.717, 1.165) is 63.1 Å². The van der Waals surface area contributed by atoms with Crippen LogP contribution >= 0.6 is 45.2 Å². The number of alkyl halides is 9. The van der Waals surface area contributed by atoms with Crippen LogP contribution in [0.5, 0.6) is 0 Å². The summed E-state index contributed by atoms with van der Waals surface area (Å²) < 4.78 is 199. The molecule has 1 aliphatic heterocycles. The number of primary amides is 1. The minimum absolute atomic E-state index is 0.00218. The molecule has 0 bridgehead atoms. The highest BCUT2D eigenvalue weighted by atomic mass is 127. The van der Waals surface area contributed by atoms with Crippen LogP contribution in [0.25, 0.3) is 17.1 Å². The number of sulfonamides is 1. The molecule has 4 heterocycles. The monoisotopic (exact) mass is 1860 g/mol. The summed E-state index contributed by atoms with van der Waals surface area (Å²) in [7, 11) is -10.8. The Hall–Kier alpha value is -10.4. The van der Waals surface area contributed by atoms with E-state index in [1.54, 1.807) is 52.0 Å². The molecule has 1 aliphatic carbocycles. The van der Waals surface area contributed by atoms with E-state index >= 15 is 0 Å². The van der Waals surface area contributed by atoms with E-state index in [1.165, 1.54) is 122 Å². The number of hydrogen-bond donors (Lipinski definition) is 5. The van der Waals surface area contributed by atoms with Gasteiger partial charge in [-0.3, -0.25) is 57.1 Å². The number of amides is 5. The molecule has 6 N–H and O–H groups in total. The van der Waals surface area contributed by atoms with Crippen LogP contribution in [0.3, 0.4) is 0 Å². The topological polar surface area (TPSA) is 340 Å². The summed E-state index contributed by atoms with van der Waals surface area (Å²) in [6.45, 7) is 8.71. The second-order valence-corrected chi connectivity index (χ2v) is 34.9. The number of pyridine rings is 3. The highest BCUT2D eigenvalue weighted by molar-refractivity contribution is 14.1. The number of aromatic nitrogens is 3. The number of benzene rings is 6. The molecule has 9 aromatic rings. The minimum atomic E-state index is -4.69. The quantitative estimate of drug-likeness (QED) is 0.0350. The van der Waals surface area contributed by atoms with Crippen molar-refractivity contribution in [1.29, 1.82) is 0 Å². The molecule has 11 rings (SSSR count). The summed E-state index contributed by atoms with van der Waals surface area (Å²) in [6.07, 6.45) is -8.22. The summed E-state index contributed by atoms with van der Waals surface area (Å²) in [5.41, 5.74) is 1.90. The summed E-state index contributed by atoms with van der Waals surface area (Å²) >= 11 is 3.83. The lowest BCUT2D eigenvalue weighted by Gasteiger charge is -2.25. The van der Waals surface area contributed by atoms with Crippen molar-refractivity contribution in [1.82, 2.24) is 34.4 Å². The van der Waals surface area contributed by atoms with E-state index in [4.69, 9.17) is 5.73 Å². The number of aryl methyl sites for hydroxylation is 1. The molecule has 2 aliphatic rings. The van der Waals surface area contributed by atoms with Gasteiger partial charge < -0.3 is 21.7 Å². The van der Waals surface area contributed by atoms with Crippen LogP contribution in [0.15, 0.2) is 210 Å².